The zero-order chi connectivity index (χ0) is 18.6. The summed E-state index contributed by atoms with van der Waals surface area (Å²) in [6.07, 6.45) is 1.78. The van der Waals surface area contributed by atoms with Crippen LogP contribution in [0.25, 0.3) is 0 Å². The average Bonchev–Trinajstić information content (AvgIpc) is 2.63. The van der Waals surface area contributed by atoms with Crippen LogP contribution in [0.15, 0.2) is 0 Å². The molecule has 0 saturated carbocycles. The van der Waals surface area contributed by atoms with Crippen LogP contribution in [0.2, 0.25) is 0 Å². The van der Waals surface area contributed by atoms with E-state index in [1.54, 1.807) is 0 Å². The Hall–Kier alpha value is -0.360. The molecule has 0 spiro atoms. The molecule has 0 bridgehead atoms. The molecule has 0 unspecified atom stereocenters. The third-order valence-electron chi connectivity index (χ3n) is 3.04. The van der Waals surface area contributed by atoms with Crippen molar-refractivity contribution in [2.75, 3.05) is 66.1 Å². The standard InChI is InChI=1S/C16H34O9/c17-5-11-22-15(23-12-6-18)3-1-9-21-10-2-4-16(24-13-7-19)25-14-8-20/h15-20H,1-14H2. The lowest BCUT2D eigenvalue weighted by Crippen LogP contribution is -2.22. The molecule has 0 aliphatic carbocycles. The average molecular weight is 370 g/mol. The predicted octanol–water partition coefficient (Wildman–Crippen LogP) is -0.749. The third kappa shape index (κ3) is 16.8. The van der Waals surface area contributed by atoms with Gasteiger partial charge in [-0.2, -0.15) is 0 Å². The van der Waals surface area contributed by atoms with E-state index in [4.69, 9.17) is 44.1 Å². The number of hydrogen-bond acceptors (Lipinski definition) is 9. The molecule has 0 aromatic rings. The minimum atomic E-state index is -0.453. The third-order valence-corrected chi connectivity index (χ3v) is 3.04. The molecule has 0 amide bonds. The molecule has 0 aliphatic rings. The van der Waals surface area contributed by atoms with Gasteiger partial charge in [0.1, 0.15) is 0 Å². The van der Waals surface area contributed by atoms with E-state index in [9.17, 15) is 0 Å². The summed E-state index contributed by atoms with van der Waals surface area (Å²) in [7, 11) is 0. The summed E-state index contributed by atoms with van der Waals surface area (Å²) in [6, 6.07) is 0. The van der Waals surface area contributed by atoms with Crippen LogP contribution < -0.4 is 0 Å². The maximum Gasteiger partial charge on any atom is 0.157 e. The molecule has 0 heterocycles. The summed E-state index contributed by atoms with van der Waals surface area (Å²) in [4.78, 5) is 0. The minimum absolute atomic E-state index is 0.0760. The van der Waals surface area contributed by atoms with E-state index in [2.05, 4.69) is 0 Å². The summed E-state index contributed by atoms with van der Waals surface area (Å²) < 4.78 is 26.8. The maximum atomic E-state index is 8.76. The molecule has 0 saturated heterocycles. The summed E-state index contributed by atoms with van der Waals surface area (Å²) in [5.41, 5.74) is 0. The summed E-state index contributed by atoms with van der Waals surface area (Å²) >= 11 is 0. The Morgan fingerprint density at radius 3 is 1.08 bits per heavy atom. The van der Waals surface area contributed by atoms with Gasteiger partial charge in [-0.15, -0.1) is 0 Å². The van der Waals surface area contributed by atoms with E-state index in [-0.39, 0.29) is 52.9 Å². The van der Waals surface area contributed by atoms with Crippen molar-refractivity contribution in [3.05, 3.63) is 0 Å². The van der Waals surface area contributed by atoms with E-state index in [1.807, 2.05) is 0 Å². The highest BCUT2D eigenvalue weighted by molar-refractivity contribution is 4.50. The summed E-state index contributed by atoms with van der Waals surface area (Å²) in [6.45, 7) is 1.56. The van der Waals surface area contributed by atoms with E-state index >= 15 is 0 Å². The zero-order valence-corrected chi connectivity index (χ0v) is 14.9. The summed E-state index contributed by atoms with van der Waals surface area (Å²) in [5, 5.41) is 35.0. The van der Waals surface area contributed by atoms with Crippen LogP contribution in [-0.2, 0) is 23.7 Å². The Labute approximate surface area is 149 Å². The highest BCUT2D eigenvalue weighted by Crippen LogP contribution is 2.07. The number of ether oxygens (including phenoxy) is 5. The molecular weight excluding hydrogens is 336 g/mol. The molecule has 0 radical (unpaired) electrons. The monoisotopic (exact) mass is 370 g/mol. The molecular formula is C16H34O9. The van der Waals surface area contributed by atoms with Crippen molar-refractivity contribution in [1.82, 2.24) is 0 Å². The molecule has 0 fully saturated rings. The Morgan fingerprint density at radius 1 is 0.480 bits per heavy atom. The number of aliphatic hydroxyl groups excluding tert-OH is 4. The van der Waals surface area contributed by atoms with Gasteiger partial charge in [0.25, 0.3) is 0 Å². The van der Waals surface area contributed by atoms with Crippen molar-refractivity contribution in [2.24, 2.45) is 0 Å². The normalized spacial score (nSPS) is 11.8. The van der Waals surface area contributed by atoms with Crippen molar-refractivity contribution in [2.45, 2.75) is 38.3 Å². The molecule has 4 N–H and O–H groups in total. The second-order valence-corrected chi connectivity index (χ2v) is 5.13. The summed E-state index contributed by atoms with van der Waals surface area (Å²) in [5.74, 6) is 0. The van der Waals surface area contributed by atoms with E-state index < -0.39 is 12.6 Å². The first-order valence-electron chi connectivity index (χ1n) is 8.76. The highest BCUT2D eigenvalue weighted by Gasteiger charge is 2.10. The van der Waals surface area contributed by atoms with Crippen LogP contribution in [0, 0.1) is 0 Å². The van der Waals surface area contributed by atoms with Gasteiger partial charge in [-0.3, -0.25) is 0 Å². The van der Waals surface area contributed by atoms with Crippen molar-refractivity contribution < 1.29 is 44.1 Å². The van der Waals surface area contributed by atoms with E-state index in [1.165, 1.54) is 0 Å². The Bertz CT molecular complexity index is 216. The topological polar surface area (TPSA) is 127 Å². The molecule has 0 aromatic heterocycles. The fraction of sp³-hybridized carbons (Fsp3) is 1.00. The van der Waals surface area contributed by atoms with Crippen molar-refractivity contribution in [3.8, 4) is 0 Å². The Kier molecular flexibility index (Phi) is 19.7. The second-order valence-electron chi connectivity index (χ2n) is 5.13. The van der Waals surface area contributed by atoms with Crippen LogP contribution in [0.1, 0.15) is 25.7 Å². The predicted molar refractivity (Wildman–Crippen MR) is 89.0 cm³/mol. The number of aliphatic hydroxyl groups is 4. The number of hydrogen-bond donors (Lipinski definition) is 4. The van der Waals surface area contributed by atoms with Gasteiger partial charge < -0.3 is 44.1 Å². The van der Waals surface area contributed by atoms with Crippen LogP contribution in [0.4, 0.5) is 0 Å². The minimum Gasteiger partial charge on any atom is -0.394 e. The van der Waals surface area contributed by atoms with Gasteiger partial charge in [0.2, 0.25) is 0 Å². The molecule has 0 rings (SSSR count). The lowest BCUT2D eigenvalue weighted by atomic mass is 10.3. The van der Waals surface area contributed by atoms with Crippen LogP contribution in [0.3, 0.4) is 0 Å². The smallest absolute Gasteiger partial charge is 0.157 e. The largest absolute Gasteiger partial charge is 0.394 e. The molecule has 25 heavy (non-hydrogen) atoms. The Morgan fingerprint density at radius 2 is 0.800 bits per heavy atom. The fourth-order valence-electron chi connectivity index (χ4n) is 1.97. The Balaban J connectivity index is 3.69. The second kappa shape index (κ2) is 20.0. The molecule has 0 atom stereocenters. The lowest BCUT2D eigenvalue weighted by molar-refractivity contribution is -0.159. The highest BCUT2D eigenvalue weighted by atomic mass is 16.7. The van der Waals surface area contributed by atoms with Crippen molar-refractivity contribution >= 4 is 0 Å². The van der Waals surface area contributed by atoms with Crippen molar-refractivity contribution in [3.63, 3.8) is 0 Å². The van der Waals surface area contributed by atoms with Gasteiger partial charge in [-0.05, 0) is 12.8 Å². The van der Waals surface area contributed by atoms with Crippen LogP contribution in [0.5, 0.6) is 0 Å². The zero-order valence-electron chi connectivity index (χ0n) is 14.9. The quantitative estimate of drug-likeness (QED) is 0.162. The number of rotatable bonds is 20. The van der Waals surface area contributed by atoms with Gasteiger partial charge in [0, 0.05) is 26.1 Å². The molecule has 9 heteroatoms. The molecule has 152 valence electrons. The van der Waals surface area contributed by atoms with Crippen LogP contribution >= 0.6 is 0 Å². The first kappa shape index (κ1) is 24.6. The van der Waals surface area contributed by atoms with Gasteiger partial charge in [0.15, 0.2) is 12.6 Å². The van der Waals surface area contributed by atoms with Gasteiger partial charge >= 0.3 is 0 Å². The van der Waals surface area contributed by atoms with Crippen LogP contribution in [-0.4, -0.2) is 99.1 Å². The van der Waals surface area contributed by atoms with Gasteiger partial charge in [0.05, 0.1) is 52.9 Å². The lowest BCUT2D eigenvalue weighted by Gasteiger charge is -2.18. The van der Waals surface area contributed by atoms with E-state index in [0.717, 1.165) is 12.8 Å². The maximum absolute atomic E-state index is 8.76. The first-order valence-corrected chi connectivity index (χ1v) is 8.76. The molecule has 9 nitrogen and oxygen atoms in total. The SMILES string of the molecule is OCCOC(CCCOCCCC(OCCO)OCCO)OCCO. The molecule has 0 aromatic carbocycles. The van der Waals surface area contributed by atoms with Gasteiger partial charge in [-0.25, -0.2) is 0 Å². The fourth-order valence-corrected chi connectivity index (χ4v) is 1.97. The van der Waals surface area contributed by atoms with Crippen molar-refractivity contribution in [1.29, 1.82) is 0 Å². The molecule has 0 aliphatic heterocycles. The first-order chi connectivity index (χ1) is 12.3. The van der Waals surface area contributed by atoms with E-state index in [0.29, 0.717) is 26.1 Å². The van der Waals surface area contributed by atoms with Gasteiger partial charge in [-0.1, -0.05) is 0 Å².